The minimum atomic E-state index is -4.91. The van der Waals surface area contributed by atoms with Crippen LogP contribution < -0.4 is 9.46 Å². The summed E-state index contributed by atoms with van der Waals surface area (Å²) in [6, 6.07) is 3.47. The van der Waals surface area contributed by atoms with Crippen LogP contribution in [0.4, 0.5) is 17.6 Å². The molecule has 3 rings (SSSR count). The van der Waals surface area contributed by atoms with Crippen LogP contribution in [0.5, 0.6) is 5.75 Å². The molecule has 0 unspecified atom stereocenters. The molecule has 0 spiro atoms. The summed E-state index contributed by atoms with van der Waals surface area (Å²) in [4.78, 5) is 9.98. The number of sulfonamides is 1. The van der Waals surface area contributed by atoms with Gasteiger partial charge in [-0.25, -0.2) is 22.3 Å². The molecule has 0 saturated heterocycles. The van der Waals surface area contributed by atoms with E-state index in [0.717, 1.165) is 0 Å². The van der Waals surface area contributed by atoms with E-state index < -0.39 is 51.1 Å². The van der Waals surface area contributed by atoms with Crippen LogP contribution in [0.1, 0.15) is 35.6 Å². The number of nitrogens with one attached hydrogen (secondary N) is 1. The molecular weight excluding hydrogens is 510 g/mol. The molecule has 168 valence electrons. The molecule has 0 heterocycles. The zero-order valence-corrected chi connectivity index (χ0v) is 18.1. The molecule has 0 aliphatic heterocycles. The maximum Gasteiger partial charge on any atom is 0.416 e. The number of halogens is 5. The number of carbonyl (C=O) groups is 1. The van der Waals surface area contributed by atoms with Crippen molar-refractivity contribution < 1.29 is 40.6 Å². The molecule has 0 aromatic heterocycles. The Morgan fingerprint density at radius 3 is 2.58 bits per heavy atom. The standard InChI is InChI=1S/C19H16BrF4NO5S/c20-11-6-15-14(17(7-11)30-9-18(26)27)2-1-3-16(15)25-31(28,29)13-5-10(19(22,23)24)4-12(21)8-13/h4-8,16,25H,1-3,9H2,(H,26,27)/t16-/m1/s1. The third-order valence-electron chi connectivity index (χ3n) is 4.66. The lowest BCUT2D eigenvalue weighted by Gasteiger charge is -2.28. The van der Waals surface area contributed by atoms with Gasteiger partial charge in [0, 0.05) is 10.5 Å². The SMILES string of the molecule is O=C(O)COc1cc(Br)cc2c1CCC[C@H]2NS(=O)(=O)c1cc(F)cc(C(F)(F)F)c1. The van der Waals surface area contributed by atoms with Crippen LogP contribution in [-0.2, 0) is 27.4 Å². The summed E-state index contributed by atoms with van der Waals surface area (Å²) >= 11 is 3.26. The molecule has 31 heavy (non-hydrogen) atoms. The summed E-state index contributed by atoms with van der Waals surface area (Å²) in [5, 5.41) is 8.84. The molecule has 6 nitrogen and oxygen atoms in total. The Labute approximate surface area is 183 Å². The van der Waals surface area contributed by atoms with E-state index >= 15 is 0 Å². The lowest BCUT2D eigenvalue weighted by Crippen LogP contribution is -2.31. The molecular formula is C19H16BrF4NO5S. The summed E-state index contributed by atoms with van der Waals surface area (Å²) < 4.78 is 86.3. The van der Waals surface area contributed by atoms with Crippen molar-refractivity contribution >= 4 is 31.9 Å². The van der Waals surface area contributed by atoms with Crippen LogP contribution in [0.25, 0.3) is 0 Å². The summed E-state index contributed by atoms with van der Waals surface area (Å²) in [5.41, 5.74) is -0.320. The normalized spacial score (nSPS) is 16.6. The van der Waals surface area contributed by atoms with Crippen molar-refractivity contribution in [2.75, 3.05) is 6.61 Å². The Hall–Kier alpha value is -2.18. The fraction of sp³-hybridized carbons (Fsp3) is 0.316. The summed E-state index contributed by atoms with van der Waals surface area (Å²) in [5.74, 6) is -2.25. The lowest BCUT2D eigenvalue weighted by molar-refractivity contribution is -0.139. The number of aliphatic carboxylic acids is 1. The highest BCUT2D eigenvalue weighted by molar-refractivity contribution is 9.10. The first-order valence-corrected chi connectivity index (χ1v) is 11.2. The van der Waals surface area contributed by atoms with E-state index in [1.165, 1.54) is 0 Å². The molecule has 1 atom stereocenters. The van der Waals surface area contributed by atoms with Crippen LogP contribution >= 0.6 is 15.9 Å². The predicted molar refractivity (Wildman–Crippen MR) is 105 cm³/mol. The Kier molecular flexibility index (Phi) is 6.63. The Balaban J connectivity index is 1.96. The van der Waals surface area contributed by atoms with Crippen LogP contribution in [-0.4, -0.2) is 26.1 Å². The predicted octanol–water partition coefficient (Wildman–Crippen LogP) is 4.43. The Bertz CT molecular complexity index is 1120. The fourth-order valence-corrected chi connectivity index (χ4v) is 5.14. The third kappa shape index (κ3) is 5.55. The van der Waals surface area contributed by atoms with Gasteiger partial charge in [0.1, 0.15) is 11.6 Å². The molecule has 2 N–H and O–H groups in total. The van der Waals surface area contributed by atoms with Gasteiger partial charge >= 0.3 is 12.1 Å². The van der Waals surface area contributed by atoms with E-state index in [4.69, 9.17) is 9.84 Å². The highest BCUT2D eigenvalue weighted by Crippen LogP contribution is 2.39. The largest absolute Gasteiger partial charge is 0.482 e. The van der Waals surface area contributed by atoms with Gasteiger partial charge in [-0.1, -0.05) is 15.9 Å². The van der Waals surface area contributed by atoms with Crippen molar-refractivity contribution in [1.29, 1.82) is 0 Å². The van der Waals surface area contributed by atoms with Gasteiger partial charge in [-0.2, -0.15) is 13.2 Å². The molecule has 0 radical (unpaired) electrons. The quantitative estimate of drug-likeness (QED) is 0.544. The number of hydrogen-bond acceptors (Lipinski definition) is 4. The minimum Gasteiger partial charge on any atom is -0.482 e. The molecule has 0 bridgehead atoms. The summed E-state index contributed by atoms with van der Waals surface area (Å²) in [6.07, 6.45) is -3.57. The Morgan fingerprint density at radius 2 is 1.94 bits per heavy atom. The average Bonchev–Trinajstić information content (AvgIpc) is 2.65. The van der Waals surface area contributed by atoms with Gasteiger partial charge in [-0.3, -0.25) is 0 Å². The molecule has 0 saturated carbocycles. The van der Waals surface area contributed by atoms with Crippen molar-refractivity contribution in [2.24, 2.45) is 0 Å². The second-order valence-corrected chi connectivity index (χ2v) is 9.52. The Morgan fingerprint density at radius 1 is 1.23 bits per heavy atom. The smallest absolute Gasteiger partial charge is 0.416 e. The first kappa shape index (κ1) is 23.5. The van der Waals surface area contributed by atoms with Gasteiger partial charge in [0.2, 0.25) is 10.0 Å². The molecule has 12 heteroatoms. The molecule has 2 aromatic carbocycles. The average molecular weight is 526 g/mol. The maximum atomic E-state index is 13.7. The van der Waals surface area contributed by atoms with Gasteiger partial charge in [-0.05, 0) is 60.7 Å². The van der Waals surface area contributed by atoms with Crippen molar-refractivity contribution in [3.8, 4) is 5.75 Å². The van der Waals surface area contributed by atoms with Crippen LogP contribution in [0.3, 0.4) is 0 Å². The number of hydrogen-bond donors (Lipinski definition) is 2. The minimum absolute atomic E-state index is 0.220. The van der Waals surface area contributed by atoms with E-state index in [-0.39, 0.29) is 11.8 Å². The van der Waals surface area contributed by atoms with Gasteiger partial charge < -0.3 is 9.84 Å². The second-order valence-electron chi connectivity index (χ2n) is 6.89. The number of alkyl halides is 3. The van der Waals surface area contributed by atoms with E-state index in [9.17, 15) is 30.8 Å². The van der Waals surface area contributed by atoms with E-state index in [1.807, 2.05) is 0 Å². The fourth-order valence-electron chi connectivity index (χ4n) is 3.38. The number of carboxylic acid groups (broad SMARTS) is 1. The van der Waals surface area contributed by atoms with Crippen LogP contribution in [0.15, 0.2) is 39.7 Å². The molecule has 1 aliphatic rings. The van der Waals surface area contributed by atoms with Crippen LogP contribution in [0.2, 0.25) is 0 Å². The van der Waals surface area contributed by atoms with E-state index in [2.05, 4.69) is 20.7 Å². The number of benzene rings is 2. The van der Waals surface area contributed by atoms with Crippen molar-refractivity contribution in [3.05, 3.63) is 57.3 Å². The van der Waals surface area contributed by atoms with Gasteiger partial charge in [0.05, 0.1) is 10.5 Å². The zero-order valence-electron chi connectivity index (χ0n) is 15.7. The van der Waals surface area contributed by atoms with E-state index in [1.54, 1.807) is 12.1 Å². The van der Waals surface area contributed by atoms with Crippen LogP contribution in [0, 0.1) is 5.82 Å². The summed E-state index contributed by atoms with van der Waals surface area (Å²) in [7, 11) is -4.50. The number of ether oxygens (including phenoxy) is 1. The molecule has 0 amide bonds. The number of rotatable bonds is 6. The molecule has 2 aromatic rings. The van der Waals surface area contributed by atoms with E-state index in [0.29, 0.717) is 47.0 Å². The number of carboxylic acids is 1. The first-order valence-electron chi connectivity index (χ1n) is 8.94. The molecule has 1 aliphatic carbocycles. The zero-order chi connectivity index (χ0) is 23.0. The van der Waals surface area contributed by atoms with Crippen molar-refractivity contribution in [1.82, 2.24) is 4.72 Å². The van der Waals surface area contributed by atoms with Gasteiger partial charge in [0.15, 0.2) is 6.61 Å². The first-order chi connectivity index (χ1) is 14.4. The summed E-state index contributed by atoms with van der Waals surface area (Å²) in [6.45, 7) is -0.594. The highest BCUT2D eigenvalue weighted by Gasteiger charge is 2.34. The lowest BCUT2D eigenvalue weighted by atomic mass is 9.87. The topological polar surface area (TPSA) is 92.7 Å². The van der Waals surface area contributed by atoms with Gasteiger partial charge in [0.25, 0.3) is 0 Å². The third-order valence-corrected chi connectivity index (χ3v) is 6.57. The monoisotopic (exact) mass is 525 g/mol. The highest BCUT2D eigenvalue weighted by atomic mass is 79.9. The molecule has 0 fully saturated rings. The maximum absolute atomic E-state index is 13.7. The number of fused-ring (bicyclic) bond motifs is 1. The van der Waals surface area contributed by atoms with Crippen molar-refractivity contribution in [3.63, 3.8) is 0 Å². The van der Waals surface area contributed by atoms with Crippen molar-refractivity contribution in [2.45, 2.75) is 36.4 Å². The second kappa shape index (κ2) is 8.75. The van der Waals surface area contributed by atoms with Gasteiger partial charge in [-0.15, -0.1) is 0 Å².